The highest BCUT2D eigenvalue weighted by atomic mass is 16.2. The zero-order valence-corrected chi connectivity index (χ0v) is 13.0. The van der Waals surface area contributed by atoms with E-state index in [4.69, 9.17) is 0 Å². The lowest BCUT2D eigenvalue weighted by molar-refractivity contribution is -0.123. The van der Waals surface area contributed by atoms with Gasteiger partial charge in [-0.25, -0.2) is 0 Å². The average Bonchev–Trinajstić information content (AvgIpc) is 2.48. The SMILES string of the molecule is CC(CNC(=O)[C@H]1CCCCN1)CN1CCN(C)CC1. The summed E-state index contributed by atoms with van der Waals surface area (Å²) in [7, 11) is 2.18. The Kier molecular flexibility index (Phi) is 6.26. The molecule has 2 fully saturated rings. The molecule has 2 aliphatic heterocycles. The first-order chi connectivity index (χ1) is 9.65. The van der Waals surface area contributed by atoms with Gasteiger partial charge >= 0.3 is 0 Å². The molecule has 1 amide bonds. The lowest BCUT2D eigenvalue weighted by atomic mass is 10.0. The second kappa shape index (κ2) is 7.96. The van der Waals surface area contributed by atoms with Gasteiger partial charge in [0.05, 0.1) is 6.04 Å². The summed E-state index contributed by atoms with van der Waals surface area (Å²) in [4.78, 5) is 16.9. The van der Waals surface area contributed by atoms with Gasteiger partial charge in [-0.1, -0.05) is 13.3 Å². The molecule has 0 aromatic heterocycles. The van der Waals surface area contributed by atoms with Crippen molar-refractivity contribution in [2.24, 2.45) is 5.92 Å². The van der Waals surface area contributed by atoms with E-state index < -0.39 is 0 Å². The van der Waals surface area contributed by atoms with Crippen LogP contribution in [0.15, 0.2) is 0 Å². The fraction of sp³-hybridized carbons (Fsp3) is 0.933. The highest BCUT2D eigenvalue weighted by Gasteiger charge is 2.21. The number of rotatable bonds is 5. The Morgan fingerprint density at radius 1 is 1.30 bits per heavy atom. The monoisotopic (exact) mass is 282 g/mol. The smallest absolute Gasteiger partial charge is 0.237 e. The summed E-state index contributed by atoms with van der Waals surface area (Å²) >= 11 is 0. The Hall–Kier alpha value is -0.650. The minimum Gasteiger partial charge on any atom is -0.354 e. The zero-order chi connectivity index (χ0) is 14.4. The minimum absolute atomic E-state index is 0.0413. The number of hydrogen-bond acceptors (Lipinski definition) is 4. The van der Waals surface area contributed by atoms with E-state index in [0.717, 1.165) is 52.2 Å². The van der Waals surface area contributed by atoms with E-state index in [-0.39, 0.29) is 11.9 Å². The van der Waals surface area contributed by atoms with Crippen molar-refractivity contribution in [1.82, 2.24) is 20.4 Å². The van der Waals surface area contributed by atoms with Crippen LogP contribution in [-0.2, 0) is 4.79 Å². The summed E-state index contributed by atoms with van der Waals surface area (Å²) in [5.41, 5.74) is 0. The fourth-order valence-corrected chi connectivity index (χ4v) is 3.01. The van der Waals surface area contributed by atoms with Crippen LogP contribution in [0, 0.1) is 5.92 Å². The number of nitrogens with zero attached hydrogens (tertiary/aromatic N) is 2. The van der Waals surface area contributed by atoms with Gasteiger partial charge in [0.15, 0.2) is 0 Å². The minimum atomic E-state index is 0.0413. The van der Waals surface area contributed by atoms with E-state index in [9.17, 15) is 4.79 Å². The van der Waals surface area contributed by atoms with Crippen LogP contribution in [0.1, 0.15) is 26.2 Å². The largest absolute Gasteiger partial charge is 0.354 e. The van der Waals surface area contributed by atoms with Gasteiger partial charge in [0, 0.05) is 39.3 Å². The Morgan fingerprint density at radius 3 is 2.70 bits per heavy atom. The average molecular weight is 282 g/mol. The number of nitrogens with one attached hydrogen (secondary N) is 2. The Morgan fingerprint density at radius 2 is 2.05 bits per heavy atom. The van der Waals surface area contributed by atoms with Gasteiger partial charge in [-0.3, -0.25) is 4.79 Å². The molecule has 2 N–H and O–H groups in total. The van der Waals surface area contributed by atoms with Crippen LogP contribution >= 0.6 is 0 Å². The number of piperidine rings is 1. The molecule has 2 atom stereocenters. The number of carbonyl (C=O) groups excluding carboxylic acids is 1. The maximum Gasteiger partial charge on any atom is 0.237 e. The predicted molar refractivity (Wildman–Crippen MR) is 81.8 cm³/mol. The molecule has 5 heteroatoms. The van der Waals surface area contributed by atoms with E-state index in [1.54, 1.807) is 0 Å². The van der Waals surface area contributed by atoms with Crippen molar-refractivity contribution < 1.29 is 4.79 Å². The van der Waals surface area contributed by atoms with Crippen LogP contribution in [0.25, 0.3) is 0 Å². The van der Waals surface area contributed by atoms with Crippen molar-refractivity contribution in [3.8, 4) is 0 Å². The van der Waals surface area contributed by atoms with Crippen LogP contribution in [0.5, 0.6) is 0 Å². The van der Waals surface area contributed by atoms with E-state index in [0.29, 0.717) is 5.92 Å². The molecular formula is C15H30N4O. The van der Waals surface area contributed by atoms with Gasteiger partial charge in [-0.15, -0.1) is 0 Å². The quantitative estimate of drug-likeness (QED) is 0.752. The van der Waals surface area contributed by atoms with Crippen LogP contribution in [-0.4, -0.2) is 74.6 Å². The lowest BCUT2D eigenvalue weighted by Gasteiger charge is -2.34. The van der Waals surface area contributed by atoms with Gasteiger partial charge in [-0.2, -0.15) is 0 Å². The number of piperazine rings is 1. The molecule has 0 aromatic carbocycles. The summed E-state index contributed by atoms with van der Waals surface area (Å²) in [6.07, 6.45) is 3.35. The van der Waals surface area contributed by atoms with Gasteiger partial charge in [0.2, 0.25) is 5.91 Å². The molecule has 2 rings (SSSR count). The molecule has 2 aliphatic rings. The summed E-state index contributed by atoms with van der Waals surface area (Å²) in [6, 6.07) is 0.0413. The molecule has 1 unspecified atom stereocenters. The molecule has 2 saturated heterocycles. The van der Waals surface area contributed by atoms with Crippen molar-refractivity contribution >= 4 is 5.91 Å². The molecule has 20 heavy (non-hydrogen) atoms. The van der Waals surface area contributed by atoms with Crippen molar-refractivity contribution in [2.45, 2.75) is 32.2 Å². The molecule has 5 nitrogen and oxygen atoms in total. The first kappa shape index (κ1) is 15.7. The van der Waals surface area contributed by atoms with Crippen LogP contribution in [0.3, 0.4) is 0 Å². The second-order valence-corrected chi connectivity index (χ2v) is 6.46. The van der Waals surface area contributed by atoms with Gasteiger partial charge in [0.25, 0.3) is 0 Å². The van der Waals surface area contributed by atoms with E-state index in [1.165, 1.54) is 12.8 Å². The van der Waals surface area contributed by atoms with E-state index in [1.807, 2.05) is 0 Å². The number of amides is 1. The summed E-state index contributed by atoms with van der Waals surface area (Å²) in [6.45, 7) is 9.71. The molecule has 0 aliphatic carbocycles. The standard InChI is InChI=1S/C15H30N4O/c1-13(12-19-9-7-18(2)8-10-19)11-17-15(20)14-5-3-4-6-16-14/h13-14,16H,3-12H2,1-2H3,(H,17,20)/t13?,14-/m1/s1. The molecule has 0 saturated carbocycles. The van der Waals surface area contributed by atoms with Crippen LogP contribution < -0.4 is 10.6 Å². The lowest BCUT2D eigenvalue weighted by Crippen LogP contribution is -2.49. The van der Waals surface area contributed by atoms with E-state index >= 15 is 0 Å². The molecule has 0 radical (unpaired) electrons. The third-order valence-corrected chi connectivity index (χ3v) is 4.42. The number of likely N-dealkylation sites (N-methyl/N-ethyl adjacent to an activating group) is 1. The van der Waals surface area contributed by atoms with Crippen molar-refractivity contribution in [3.63, 3.8) is 0 Å². The predicted octanol–water partition coefficient (Wildman–Crippen LogP) is 0.128. The summed E-state index contributed by atoms with van der Waals surface area (Å²) in [5.74, 6) is 0.709. The normalized spacial score (nSPS) is 27.2. The van der Waals surface area contributed by atoms with Crippen molar-refractivity contribution in [3.05, 3.63) is 0 Å². The molecule has 0 bridgehead atoms. The second-order valence-electron chi connectivity index (χ2n) is 6.46. The van der Waals surface area contributed by atoms with Gasteiger partial charge in [0.1, 0.15) is 0 Å². The van der Waals surface area contributed by atoms with Crippen molar-refractivity contribution in [2.75, 3.05) is 52.9 Å². The third-order valence-electron chi connectivity index (χ3n) is 4.42. The highest BCUT2D eigenvalue weighted by molar-refractivity contribution is 5.81. The van der Waals surface area contributed by atoms with Crippen LogP contribution in [0.2, 0.25) is 0 Å². The topological polar surface area (TPSA) is 47.6 Å². The molecular weight excluding hydrogens is 252 g/mol. The molecule has 0 aromatic rings. The first-order valence-corrected chi connectivity index (χ1v) is 8.07. The summed E-state index contributed by atoms with van der Waals surface area (Å²) in [5, 5.41) is 6.41. The summed E-state index contributed by atoms with van der Waals surface area (Å²) < 4.78 is 0. The number of carbonyl (C=O) groups is 1. The molecule has 0 spiro atoms. The fourth-order valence-electron chi connectivity index (χ4n) is 3.01. The Balaban J connectivity index is 1.61. The van der Waals surface area contributed by atoms with Gasteiger partial charge < -0.3 is 20.4 Å². The third kappa shape index (κ3) is 5.04. The van der Waals surface area contributed by atoms with E-state index in [2.05, 4.69) is 34.4 Å². The van der Waals surface area contributed by atoms with Crippen molar-refractivity contribution in [1.29, 1.82) is 0 Å². The Labute approximate surface area is 123 Å². The Bertz CT molecular complexity index is 296. The zero-order valence-electron chi connectivity index (χ0n) is 13.0. The molecule has 2 heterocycles. The molecule has 116 valence electrons. The van der Waals surface area contributed by atoms with Gasteiger partial charge in [-0.05, 0) is 32.4 Å². The van der Waals surface area contributed by atoms with Crippen LogP contribution in [0.4, 0.5) is 0 Å². The highest BCUT2D eigenvalue weighted by Crippen LogP contribution is 2.07. The first-order valence-electron chi connectivity index (χ1n) is 8.07. The maximum atomic E-state index is 12.0. The maximum absolute atomic E-state index is 12.0. The number of hydrogen-bond donors (Lipinski definition) is 2.